The summed E-state index contributed by atoms with van der Waals surface area (Å²) in [4.78, 5) is 23.1. The van der Waals surface area contributed by atoms with E-state index in [0.29, 0.717) is 12.2 Å². The third-order valence-corrected chi connectivity index (χ3v) is 5.97. The predicted octanol–water partition coefficient (Wildman–Crippen LogP) is 1.92. The second-order valence-corrected chi connectivity index (χ2v) is 7.29. The third kappa shape index (κ3) is 3.21. The van der Waals surface area contributed by atoms with Crippen LogP contribution < -0.4 is 5.32 Å². The quantitative estimate of drug-likeness (QED) is 0.814. The van der Waals surface area contributed by atoms with Crippen LogP contribution in [0.25, 0.3) is 0 Å². The molecule has 1 saturated heterocycles. The van der Waals surface area contributed by atoms with Gasteiger partial charge in [-0.05, 0) is 23.6 Å². The summed E-state index contributed by atoms with van der Waals surface area (Å²) in [5, 5.41) is 13.9. The van der Waals surface area contributed by atoms with Gasteiger partial charge in [0.15, 0.2) is 0 Å². The Kier molecular flexibility index (Phi) is 4.58. The molecule has 1 unspecified atom stereocenters. The van der Waals surface area contributed by atoms with Crippen LogP contribution in [0.4, 0.5) is 0 Å². The highest BCUT2D eigenvalue weighted by Crippen LogP contribution is 2.29. The van der Waals surface area contributed by atoms with Gasteiger partial charge in [-0.3, -0.25) is 4.79 Å². The van der Waals surface area contributed by atoms with Crippen LogP contribution in [0.2, 0.25) is 0 Å². The van der Waals surface area contributed by atoms with Crippen molar-refractivity contribution in [3.8, 4) is 0 Å². The molecule has 1 amide bonds. The van der Waals surface area contributed by atoms with Crippen molar-refractivity contribution >= 4 is 46.7 Å². The van der Waals surface area contributed by atoms with Crippen molar-refractivity contribution in [2.24, 2.45) is 0 Å². The normalized spacial score (nSPS) is 22.9. The fourth-order valence-electron chi connectivity index (χ4n) is 1.67. The number of thioether (sulfide) groups is 2. The van der Waals surface area contributed by atoms with Crippen molar-refractivity contribution in [3.05, 3.63) is 17.5 Å². The van der Waals surface area contributed by atoms with E-state index in [9.17, 15) is 14.7 Å². The smallest absolute Gasteiger partial charge is 0.330 e. The topological polar surface area (TPSA) is 66.4 Å². The molecule has 0 bridgehead atoms. The summed E-state index contributed by atoms with van der Waals surface area (Å²) in [7, 11) is 0. The minimum absolute atomic E-state index is 0.210. The van der Waals surface area contributed by atoms with Crippen LogP contribution in [-0.2, 0) is 9.59 Å². The standard InChI is InChI=1S/C11H13NO3S3/c13-8(6-18-9-2-1-4-17-9)12-11(10(14)15)3-5-16-7-11/h1-2,4H,3,5-7H2,(H,12,13)(H,14,15). The maximum atomic E-state index is 11.8. The van der Waals surface area contributed by atoms with Gasteiger partial charge in [-0.15, -0.1) is 23.1 Å². The molecule has 1 atom stereocenters. The van der Waals surface area contributed by atoms with E-state index in [0.717, 1.165) is 9.96 Å². The van der Waals surface area contributed by atoms with Gasteiger partial charge in [0.05, 0.1) is 9.96 Å². The molecule has 98 valence electrons. The molecule has 0 saturated carbocycles. The molecule has 0 radical (unpaired) electrons. The number of rotatable bonds is 5. The van der Waals surface area contributed by atoms with E-state index in [2.05, 4.69) is 5.32 Å². The summed E-state index contributed by atoms with van der Waals surface area (Å²) in [6.07, 6.45) is 0.502. The number of carboxylic acid groups (broad SMARTS) is 1. The number of carbonyl (C=O) groups is 2. The van der Waals surface area contributed by atoms with E-state index < -0.39 is 11.5 Å². The monoisotopic (exact) mass is 303 g/mol. The molecule has 0 aliphatic carbocycles. The first-order valence-electron chi connectivity index (χ1n) is 5.41. The Hall–Kier alpha value is -0.660. The van der Waals surface area contributed by atoms with Crippen LogP contribution in [0.5, 0.6) is 0 Å². The van der Waals surface area contributed by atoms with E-state index in [1.54, 1.807) is 23.1 Å². The molecule has 0 spiro atoms. The fourth-order valence-corrected chi connectivity index (χ4v) is 4.58. The van der Waals surface area contributed by atoms with Gasteiger partial charge in [0.2, 0.25) is 5.91 Å². The highest BCUT2D eigenvalue weighted by molar-refractivity contribution is 8.01. The minimum Gasteiger partial charge on any atom is -0.479 e. The Bertz CT molecular complexity index is 427. The maximum absolute atomic E-state index is 11.8. The molecule has 2 rings (SSSR count). The van der Waals surface area contributed by atoms with Crippen LogP contribution in [0.15, 0.2) is 21.7 Å². The number of carbonyl (C=O) groups excluding carboxylic acids is 1. The average molecular weight is 303 g/mol. The van der Waals surface area contributed by atoms with Gasteiger partial charge in [-0.1, -0.05) is 6.07 Å². The Morgan fingerprint density at radius 2 is 2.39 bits per heavy atom. The molecule has 1 aromatic rings. The lowest BCUT2D eigenvalue weighted by Crippen LogP contribution is -2.55. The minimum atomic E-state index is -1.06. The number of hydrogen-bond acceptors (Lipinski definition) is 5. The van der Waals surface area contributed by atoms with E-state index in [-0.39, 0.29) is 11.7 Å². The summed E-state index contributed by atoms with van der Waals surface area (Å²) < 4.78 is 1.07. The van der Waals surface area contributed by atoms with Crippen LogP contribution in [0.3, 0.4) is 0 Å². The molecule has 4 nitrogen and oxygen atoms in total. The second kappa shape index (κ2) is 5.99. The Labute approximate surface area is 118 Å². The van der Waals surface area contributed by atoms with Gasteiger partial charge in [0.25, 0.3) is 0 Å². The first-order chi connectivity index (χ1) is 8.62. The van der Waals surface area contributed by atoms with Crippen LogP contribution in [-0.4, -0.2) is 39.8 Å². The number of hydrogen-bond donors (Lipinski definition) is 2. The van der Waals surface area contributed by atoms with Gasteiger partial charge in [-0.25, -0.2) is 4.79 Å². The Balaban J connectivity index is 1.88. The second-order valence-electron chi connectivity index (χ2n) is 3.96. The number of carboxylic acids is 1. The molecule has 1 fully saturated rings. The Morgan fingerprint density at radius 3 is 2.94 bits per heavy atom. The number of nitrogens with one attached hydrogen (secondary N) is 1. The summed E-state index contributed by atoms with van der Waals surface area (Å²) >= 11 is 4.58. The van der Waals surface area contributed by atoms with Crippen molar-refractivity contribution in [2.75, 3.05) is 17.3 Å². The van der Waals surface area contributed by atoms with E-state index in [1.807, 2.05) is 17.5 Å². The summed E-state index contributed by atoms with van der Waals surface area (Å²) in [6.45, 7) is 0. The molecule has 2 N–H and O–H groups in total. The number of thiophene rings is 1. The first-order valence-corrected chi connectivity index (χ1v) is 8.43. The van der Waals surface area contributed by atoms with Crippen molar-refractivity contribution in [1.82, 2.24) is 5.32 Å². The van der Waals surface area contributed by atoms with Gasteiger partial charge in [-0.2, -0.15) is 11.8 Å². The first kappa shape index (κ1) is 13.8. The Morgan fingerprint density at radius 1 is 1.56 bits per heavy atom. The zero-order valence-electron chi connectivity index (χ0n) is 9.55. The van der Waals surface area contributed by atoms with Gasteiger partial charge >= 0.3 is 5.97 Å². The molecular formula is C11H13NO3S3. The number of amides is 1. The number of aliphatic carboxylic acids is 1. The van der Waals surface area contributed by atoms with Gasteiger partial charge in [0, 0.05) is 5.75 Å². The van der Waals surface area contributed by atoms with Crippen LogP contribution in [0, 0.1) is 0 Å². The zero-order valence-corrected chi connectivity index (χ0v) is 12.0. The summed E-state index contributed by atoms with van der Waals surface area (Å²) in [6, 6.07) is 3.87. The highest BCUT2D eigenvalue weighted by atomic mass is 32.2. The largest absolute Gasteiger partial charge is 0.479 e. The third-order valence-electron chi connectivity index (χ3n) is 2.65. The SMILES string of the molecule is O=C(CSc1cccs1)NC1(C(=O)O)CCSC1. The van der Waals surface area contributed by atoms with Crippen molar-refractivity contribution < 1.29 is 14.7 Å². The van der Waals surface area contributed by atoms with Gasteiger partial charge < -0.3 is 10.4 Å². The zero-order chi connectivity index (χ0) is 13.0. The molecule has 0 aromatic carbocycles. The fraction of sp³-hybridized carbons (Fsp3) is 0.455. The van der Waals surface area contributed by atoms with Crippen molar-refractivity contribution in [2.45, 2.75) is 16.2 Å². The molecule has 18 heavy (non-hydrogen) atoms. The predicted molar refractivity (Wildman–Crippen MR) is 75.5 cm³/mol. The van der Waals surface area contributed by atoms with Crippen molar-refractivity contribution in [3.63, 3.8) is 0 Å². The summed E-state index contributed by atoms with van der Waals surface area (Å²) in [5.41, 5.74) is -1.06. The van der Waals surface area contributed by atoms with E-state index in [1.165, 1.54) is 11.8 Å². The average Bonchev–Trinajstić information content (AvgIpc) is 2.97. The highest BCUT2D eigenvalue weighted by Gasteiger charge is 2.43. The molecule has 1 aromatic heterocycles. The van der Waals surface area contributed by atoms with Crippen LogP contribution in [0.1, 0.15) is 6.42 Å². The van der Waals surface area contributed by atoms with E-state index >= 15 is 0 Å². The van der Waals surface area contributed by atoms with Gasteiger partial charge in [0.1, 0.15) is 5.54 Å². The summed E-state index contributed by atoms with van der Waals surface area (Å²) in [5.74, 6) is 0.364. The van der Waals surface area contributed by atoms with Crippen LogP contribution >= 0.6 is 34.9 Å². The van der Waals surface area contributed by atoms with E-state index in [4.69, 9.17) is 0 Å². The molecule has 2 heterocycles. The lowest BCUT2D eigenvalue weighted by atomic mass is 9.99. The lowest BCUT2D eigenvalue weighted by molar-refractivity contribution is -0.146. The maximum Gasteiger partial charge on any atom is 0.330 e. The lowest BCUT2D eigenvalue weighted by Gasteiger charge is -2.24. The molecular weight excluding hydrogens is 290 g/mol. The molecule has 1 aliphatic rings. The molecule has 7 heteroatoms. The van der Waals surface area contributed by atoms with Crippen molar-refractivity contribution in [1.29, 1.82) is 0 Å². The molecule has 1 aliphatic heterocycles.